The summed E-state index contributed by atoms with van der Waals surface area (Å²) in [6.07, 6.45) is 0.0998. The lowest BCUT2D eigenvalue weighted by molar-refractivity contribution is -0.163. The summed E-state index contributed by atoms with van der Waals surface area (Å²) in [5.74, 6) is -2.56. The third kappa shape index (κ3) is 3.36. The van der Waals surface area contributed by atoms with E-state index in [1.54, 1.807) is 0 Å². The molecule has 4 rings (SSSR count). The highest BCUT2D eigenvalue weighted by atomic mass is 79.9. The molecular weight excluding hydrogens is 528 g/mol. The van der Waals surface area contributed by atoms with Crippen molar-refractivity contribution in [1.29, 1.82) is 0 Å². The van der Waals surface area contributed by atoms with Crippen molar-refractivity contribution < 1.29 is 19.2 Å². The van der Waals surface area contributed by atoms with Gasteiger partial charge in [-0.2, -0.15) is 0 Å². The summed E-state index contributed by atoms with van der Waals surface area (Å²) < 4.78 is 1.57. The van der Waals surface area contributed by atoms with Crippen molar-refractivity contribution >= 4 is 55.5 Å². The van der Waals surface area contributed by atoms with Gasteiger partial charge in [-0.25, -0.2) is 4.79 Å². The molecule has 160 valence electrons. The fourth-order valence-electron chi connectivity index (χ4n) is 4.95. The highest BCUT2D eigenvalue weighted by molar-refractivity contribution is 9.10. The van der Waals surface area contributed by atoms with E-state index in [9.17, 15) is 19.2 Å². The number of amides is 4. The minimum Gasteiger partial charge on any atom is -0.300 e. The average molecular weight is 548 g/mol. The number of barbiturate groups is 1. The van der Waals surface area contributed by atoms with Crippen LogP contribution in [0.2, 0.25) is 0 Å². The maximum Gasteiger partial charge on any atom is 0.332 e. The minimum atomic E-state index is -1.60. The summed E-state index contributed by atoms with van der Waals surface area (Å²) in [4.78, 5) is 55.2. The highest BCUT2D eigenvalue weighted by Crippen LogP contribution is 2.57. The molecule has 0 unspecified atom stereocenters. The third-order valence-electron chi connectivity index (χ3n) is 6.36. The van der Waals surface area contributed by atoms with Crippen LogP contribution in [0.15, 0.2) is 57.5 Å². The Bertz CT molecular complexity index is 1030. The quantitative estimate of drug-likeness (QED) is 0.520. The molecule has 1 saturated carbocycles. The molecule has 0 bridgehead atoms. The Morgan fingerprint density at radius 2 is 1.19 bits per heavy atom. The third-order valence-corrected chi connectivity index (χ3v) is 7.34. The lowest BCUT2D eigenvalue weighted by atomic mass is 9.54. The highest BCUT2D eigenvalue weighted by Gasteiger charge is 2.66. The van der Waals surface area contributed by atoms with Gasteiger partial charge < -0.3 is 0 Å². The number of imide groups is 2. The molecule has 1 saturated heterocycles. The first-order valence-electron chi connectivity index (χ1n) is 9.80. The van der Waals surface area contributed by atoms with Gasteiger partial charge in [-0.1, -0.05) is 56.1 Å². The average Bonchev–Trinajstić information content (AvgIpc) is 2.75. The first-order chi connectivity index (χ1) is 14.7. The van der Waals surface area contributed by atoms with Gasteiger partial charge in [-0.3, -0.25) is 24.2 Å². The van der Waals surface area contributed by atoms with Crippen molar-refractivity contribution in [3.05, 3.63) is 68.6 Å². The van der Waals surface area contributed by atoms with E-state index in [1.807, 2.05) is 48.5 Å². The standard InChI is InChI=1S/C23H20Br2N2O4/c1-26-20(29)23(21(30)27(2)22(26)31)18(13-5-3-7-15(24)9-13)11-17(28)12-19(23)14-6-4-8-16(25)10-14/h3-10,18-19H,11-12H2,1-2H3/t18-,19+. The second kappa shape index (κ2) is 7.98. The van der Waals surface area contributed by atoms with Crippen LogP contribution in [0.3, 0.4) is 0 Å². The molecule has 2 aromatic carbocycles. The number of benzene rings is 2. The molecule has 1 heterocycles. The number of ketones is 1. The van der Waals surface area contributed by atoms with E-state index in [1.165, 1.54) is 14.1 Å². The van der Waals surface area contributed by atoms with Crippen molar-refractivity contribution in [2.24, 2.45) is 5.41 Å². The zero-order valence-electron chi connectivity index (χ0n) is 17.0. The number of nitrogens with zero attached hydrogens (tertiary/aromatic N) is 2. The van der Waals surface area contributed by atoms with Gasteiger partial charge in [0, 0.05) is 47.7 Å². The van der Waals surface area contributed by atoms with E-state index in [0.717, 1.165) is 18.7 Å². The number of urea groups is 1. The maximum absolute atomic E-state index is 13.8. The van der Waals surface area contributed by atoms with Crippen LogP contribution >= 0.6 is 31.9 Å². The number of hydrogen-bond donors (Lipinski definition) is 0. The lowest BCUT2D eigenvalue weighted by Gasteiger charge is -2.51. The zero-order chi connectivity index (χ0) is 22.5. The molecule has 6 nitrogen and oxygen atoms in total. The molecule has 2 fully saturated rings. The first-order valence-corrected chi connectivity index (χ1v) is 11.4. The molecule has 8 heteroatoms. The topological polar surface area (TPSA) is 74.8 Å². The van der Waals surface area contributed by atoms with Crippen LogP contribution in [0.5, 0.6) is 0 Å². The molecule has 0 N–H and O–H groups in total. The monoisotopic (exact) mass is 546 g/mol. The number of rotatable bonds is 2. The van der Waals surface area contributed by atoms with Crippen molar-refractivity contribution in [1.82, 2.24) is 9.80 Å². The Hall–Kier alpha value is -2.32. The van der Waals surface area contributed by atoms with Gasteiger partial charge in [-0.15, -0.1) is 0 Å². The fourth-order valence-corrected chi connectivity index (χ4v) is 5.79. The summed E-state index contributed by atoms with van der Waals surface area (Å²) in [6.45, 7) is 0. The summed E-state index contributed by atoms with van der Waals surface area (Å²) >= 11 is 6.91. The van der Waals surface area contributed by atoms with E-state index in [4.69, 9.17) is 0 Å². The Balaban J connectivity index is 2.02. The number of halogens is 2. The SMILES string of the molecule is CN1C(=O)N(C)C(=O)C2(C1=O)[C@@H](c1cccc(Br)c1)CC(=O)C[C@H]2c1cccc(Br)c1. The van der Waals surface area contributed by atoms with Gasteiger partial charge in [-0.05, 0) is 35.4 Å². The van der Waals surface area contributed by atoms with Crippen LogP contribution in [0, 0.1) is 5.41 Å². The van der Waals surface area contributed by atoms with Crippen molar-refractivity contribution in [2.75, 3.05) is 14.1 Å². The molecule has 1 spiro atoms. The van der Waals surface area contributed by atoms with E-state index >= 15 is 0 Å². The molecule has 2 aliphatic rings. The molecular formula is C23H20Br2N2O4. The van der Waals surface area contributed by atoms with Crippen molar-refractivity contribution in [3.63, 3.8) is 0 Å². The second-order valence-corrected chi connectivity index (χ2v) is 9.87. The van der Waals surface area contributed by atoms with Gasteiger partial charge in [0.1, 0.15) is 11.2 Å². The van der Waals surface area contributed by atoms with Crippen LogP contribution in [-0.4, -0.2) is 47.5 Å². The van der Waals surface area contributed by atoms with E-state index in [2.05, 4.69) is 31.9 Å². The molecule has 31 heavy (non-hydrogen) atoms. The van der Waals surface area contributed by atoms with Crippen LogP contribution in [-0.2, 0) is 14.4 Å². The minimum absolute atomic E-state index is 0.0246. The fraction of sp³-hybridized carbons (Fsp3) is 0.304. The smallest absolute Gasteiger partial charge is 0.300 e. The first kappa shape index (κ1) is 21.9. The van der Waals surface area contributed by atoms with E-state index in [-0.39, 0.29) is 18.6 Å². The van der Waals surface area contributed by atoms with Gasteiger partial charge >= 0.3 is 6.03 Å². The molecule has 2 aromatic rings. The molecule has 0 radical (unpaired) electrons. The van der Waals surface area contributed by atoms with Crippen LogP contribution in [0.1, 0.15) is 35.8 Å². The maximum atomic E-state index is 13.8. The van der Waals surface area contributed by atoms with Crippen LogP contribution in [0.25, 0.3) is 0 Å². The van der Waals surface area contributed by atoms with Gasteiger partial charge in [0.25, 0.3) is 0 Å². The molecule has 1 aliphatic carbocycles. The summed E-state index contributed by atoms with van der Waals surface area (Å²) in [5.41, 5.74) is -0.187. The zero-order valence-corrected chi connectivity index (χ0v) is 20.1. The summed E-state index contributed by atoms with van der Waals surface area (Å²) in [6, 6.07) is 14.0. The normalized spacial score (nSPS) is 23.6. The number of hydrogen-bond acceptors (Lipinski definition) is 4. The Kier molecular flexibility index (Phi) is 5.64. The largest absolute Gasteiger partial charge is 0.332 e. The van der Waals surface area contributed by atoms with Gasteiger partial charge in [0.15, 0.2) is 0 Å². The molecule has 2 atom stereocenters. The molecule has 1 aliphatic heterocycles. The summed E-state index contributed by atoms with van der Waals surface area (Å²) in [7, 11) is 2.78. The van der Waals surface area contributed by atoms with Crippen molar-refractivity contribution in [2.45, 2.75) is 24.7 Å². The Labute approximate surface area is 196 Å². The predicted octanol–water partition coefficient (Wildman–Crippen LogP) is 4.48. The Morgan fingerprint density at radius 1 is 0.774 bits per heavy atom. The Morgan fingerprint density at radius 3 is 1.58 bits per heavy atom. The van der Waals surface area contributed by atoms with E-state index in [0.29, 0.717) is 11.1 Å². The molecule has 4 amide bonds. The lowest BCUT2D eigenvalue weighted by Crippen LogP contribution is -2.68. The van der Waals surface area contributed by atoms with Crippen LogP contribution in [0.4, 0.5) is 4.79 Å². The van der Waals surface area contributed by atoms with Gasteiger partial charge in [0.2, 0.25) is 11.8 Å². The summed E-state index contributed by atoms with van der Waals surface area (Å²) in [5, 5.41) is 0. The number of carbonyl (C=O) groups is 4. The van der Waals surface area contributed by atoms with Crippen LogP contribution < -0.4 is 0 Å². The van der Waals surface area contributed by atoms with Gasteiger partial charge in [0.05, 0.1) is 0 Å². The van der Waals surface area contributed by atoms with Crippen molar-refractivity contribution in [3.8, 4) is 0 Å². The molecule has 0 aromatic heterocycles. The van der Waals surface area contributed by atoms with E-state index < -0.39 is 35.1 Å². The predicted molar refractivity (Wildman–Crippen MR) is 121 cm³/mol. The number of carbonyl (C=O) groups excluding carboxylic acids is 4. The second-order valence-electron chi connectivity index (χ2n) is 8.04. The number of Topliss-reactive ketones (excluding diaryl/α,β-unsaturated/α-hetero) is 1.